The number of halogens is 2. The summed E-state index contributed by atoms with van der Waals surface area (Å²) in [4.78, 5) is 20.8. The van der Waals surface area contributed by atoms with Gasteiger partial charge in [0.05, 0.1) is 23.1 Å². The number of pyridine rings is 1. The van der Waals surface area contributed by atoms with Crippen molar-refractivity contribution in [3.63, 3.8) is 0 Å². The number of piperidine rings is 1. The molecule has 1 saturated heterocycles. The van der Waals surface area contributed by atoms with Gasteiger partial charge in [-0.15, -0.1) is 11.3 Å². The number of nitrogens with zero attached hydrogens (tertiary/aromatic N) is 2. The second-order valence-corrected chi connectivity index (χ2v) is 10.9. The van der Waals surface area contributed by atoms with Crippen LogP contribution in [0.15, 0.2) is 41.9 Å². The number of hydrogen-bond acceptors (Lipinski definition) is 6. The van der Waals surface area contributed by atoms with E-state index >= 15 is 4.39 Å². The molecule has 1 aliphatic rings. The molecule has 6 nitrogen and oxygen atoms in total. The topological polar surface area (TPSA) is 74.7 Å². The van der Waals surface area contributed by atoms with Gasteiger partial charge in [-0.3, -0.25) is 15.0 Å². The molecule has 0 saturated carbocycles. The first kappa shape index (κ1) is 26.8. The van der Waals surface area contributed by atoms with E-state index in [9.17, 15) is 10.0 Å². The van der Waals surface area contributed by atoms with E-state index < -0.39 is 17.5 Å². The summed E-state index contributed by atoms with van der Waals surface area (Å²) in [7, 11) is 1.55. The van der Waals surface area contributed by atoms with Crippen molar-refractivity contribution in [2.24, 2.45) is 5.41 Å². The predicted molar refractivity (Wildman–Crippen MR) is 142 cm³/mol. The van der Waals surface area contributed by atoms with Crippen LogP contribution in [0.1, 0.15) is 55.1 Å². The molecule has 9 heteroatoms. The molecule has 0 radical (unpaired) electrons. The van der Waals surface area contributed by atoms with E-state index in [2.05, 4.69) is 27.4 Å². The maximum Gasteiger partial charge on any atom is 0.249 e. The molecule has 3 aromatic rings. The SMILES string of the molecule is COc1ccc2ncc(Cl)c(C(F)CCC3(C(=O)NO)CCN(CCCCc4cccs4)CC3)c2c1. The summed E-state index contributed by atoms with van der Waals surface area (Å²) >= 11 is 8.18. The van der Waals surface area contributed by atoms with Gasteiger partial charge in [0.15, 0.2) is 0 Å². The average molecular weight is 534 g/mol. The smallest absolute Gasteiger partial charge is 0.249 e. The number of hydrogen-bond donors (Lipinski definition) is 2. The lowest BCUT2D eigenvalue weighted by Crippen LogP contribution is -2.48. The first-order chi connectivity index (χ1) is 17.5. The zero-order valence-electron chi connectivity index (χ0n) is 20.5. The fourth-order valence-electron chi connectivity index (χ4n) is 5.16. The van der Waals surface area contributed by atoms with Crippen LogP contribution in [-0.4, -0.2) is 47.7 Å². The summed E-state index contributed by atoms with van der Waals surface area (Å²) in [6, 6.07) is 9.54. The highest BCUT2D eigenvalue weighted by Crippen LogP contribution is 2.42. The summed E-state index contributed by atoms with van der Waals surface area (Å²) in [5, 5.41) is 12.4. The molecule has 1 fully saturated rings. The summed E-state index contributed by atoms with van der Waals surface area (Å²) in [6.45, 7) is 2.48. The van der Waals surface area contributed by atoms with Gasteiger partial charge in [-0.1, -0.05) is 17.7 Å². The van der Waals surface area contributed by atoms with Crippen molar-refractivity contribution in [1.82, 2.24) is 15.4 Å². The van der Waals surface area contributed by atoms with Gasteiger partial charge in [0.1, 0.15) is 11.9 Å². The van der Waals surface area contributed by atoms with E-state index in [4.69, 9.17) is 16.3 Å². The van der Waals surface area contributed by atoms with E-state index in [1.165, 1.54) is 11.1 Å². The van der Waals surface area contributed by atoms with Crippen molar-refractivity contribution in [1.29, 1.82) is 0 Å². The number of ether oxygens (including phenoxy) is 1. The molecule has 3 heterocycles. The molecule has 0 bridgehead atoms. The number of carbonyl (C=O) groups excluding carboxylic acids is 1. The molecular formula is C27H33ClFN3O3S. The number of nitrogens with one attached hydrogen (secondary N) is 1. The first-order valence-electron chi connectivity index (χ1n) is 12.4. The summed E-state index contributed by atoms with van der Waals surface area (Å²) < 4.78 is 21.0. The van der Waals surface area contributed by atoms with E-state index in [1.807, 2.05) is 5.48 Å². The first-order valence-corrected chi connectivity index (χ1v) is 13.7. The molecule has 0 aliphatic carbocycles. The molecule has 2 aromatic heterocycles. The van der Waals surface area contributed by atoms with Gasteiger partial charge in [-0.2, -0.15) is 0 Å². The number of aryl methyl sites for hydroxylation is 1. The number of unbranched alkanes of at least 4 members (excludes halogenated alkanes) is 1. The molecule has 36 heavy (non-hydrogen) atoms. The Balaban J connectivity index is 1.38. The number of fused-ring (bicyclic) bond motifs is 1. The molecule has 1 aliphatic heterocycles. The molecule has 0 spiro atoms. The number of carbonyl (C=O) groups is 1. The predicted octanol–water partition coefficient (Wildman–Crippen LogP) is 6.36. The number of hydroxylamine groups is 1. The number of likely N-dealkylation sites (tertiary alicyclic amines) is 1. The third-order valence-electron chi connectivity index (χ3n) is 7.38. The van der Waals surface area contributed by atoms with Gasteiger partial charge in [-0.05, 0) is 94.2 Å². The Morgan fingerprint density at radius 1 is 1.33 bits per heavy atom. The second-order valence-electron chi connectivity index (χ2n) is 9.51. The maximum atomic E-state index is 15.7. The number of methoxy groups -OCH3 is 1. The van der Waals surface area contributed by atoms with Crippen LogP contribution in [0.2, 0.25) is 5.02 Å². The van der Waals surface area contributed by atoms with Crippen LogP contribution in [-0.2, 0) is 11.2 Å². The Bertz CT molecular complexity index is 1150. The van der Waals surface area contributed by atoms with Gasteiger partial charge < -0.3 is 9.64 Å². The Morgan fingerprint density at radius 3 is 2.83 bits per heavy atom. The molecule has 194 valence electrons. The second kappa shape index (κ2) is 12.3. The van der Waals surface area contributed by atoms with Gasteiger partial charge in [-0.25, -0.2) is 9.87 Å². The molecular weight excluding hydrogens is 501 g/mol. The minimum absolute atomic E-state index is 0.115. The zero-order valence-corrected chi connectivity index (χ0v) is 22.1. The highest BCUT2D eigenvalue weighted by atomic mass is 35.5. The Morgan fingerprint density at radius 2 is 2.14 bits per heavy atom. The standard InChI is InChI=1S/C27H33ClFN3O3S/c1-35-19-7-8-24-21(17-19)25(22(28)18-30-24)23(29)9-10-27(26(33)31-34)11-14-32(15-12-27)13-3-2-5-20-6-4-16-36-20/h4,6-8,16-18,23,34H,2-3,5,9-15H2,1H3,(H,31,33). The van der Waals surface area contributed by atoms with Crippen LogP contribution in [0.5, 0.6) is 5.75 Å². The van der Waals surface area contributed by atoms with Gasteiger partial charge in [0, 0.05) is 22.0 Å². The average Bonchev–Trinajstić information content (AvgIpc) is 3.43. The quantitative estimate of drug-likeness (QED) is 0.170. The van der Waals surface area contributed by atoms with Crippen LogP contribution in [0.4, 0.5) is 4.39 Å². The van der Waals surface area contributed by atoms with Gasteiger partial charge >= 0.3 is 0 Å². The summed E-state index contributed by atoms with van der Waals surface area (Å²) in [6.07, 6.45) is 5.00. The number of alkyl halides is 1. The van der Waals surface area contributed by atoms with Crippen LogP contribution < -0.4 is 10.2 Å². The van der Waals surface area contributed by atoms with Crippen molar-refractivity contribution in [2.45, 2.75) is 51.1 Å². The van der Waals surface area contributed by atoms with Crippen LogP contribution >= 0.6 is 22.9 Å². The van der Waals surface area contributed by atoms with Crippen molar-refractivity contribution >= 4 is 39.7 Å². The molecule has 1 aromatic carbocycles. The molecule has 1 atom stereocenters. The van der Waals surface area contributed by atoms with Gasteiger partial charge in [0.2, 0.25) is 5.91 Å². The monoisotopic (exact) mass is 533 g/mol. The van der Waals surface area contributed by atoms with Crippen molar-refractivity contribution < 1.29 is 19.1 Å². The molecule has 1 unspecified atom stereocenters. The number of thiophene rings is 1. The van der Waals surface area contributed by atoms with E-state index in [0.29, 0.717) is 41.5 Å². The van der Waals surface area contributed by atoms with Crippen molar-refractivity contribution in [3.8, 4) is 5.75 Å². The van der Waals surface area contributed by atoms with Crippen LogP contribution in [0.25, 0.3) is 10.9 Å². The van der Waals surface area contributed by atoms with Crippen molar-refractivity contribution in [3.05, 3.63) is 57.4 Å². The Hall–Kier alpha value is -2.26. The largest absolute Gasteiger partial charge is 0.497 e. The van der Waals surface area contributed by atoms with Crippen LogP contribution in [0.3, 0.4) is 0 Å². The minimum atomic E-state index is -1.38. The molecule has 1 amide bonds. The number of benzene rings is 1. The Kier molecular flexibility index (Phi) is 9.17. The van der Waals surface area contributed by atoms with Crippen molar-refractivity contribution in [2.75, 3.05) is 26.7 Å². The minimum Gasteiger partial charge on any atom is -0.497 e. The normalized spacial score (nSPS) is 16.7. The molecule has 4 rings (SSSR count). The number of amides is 1. The fraction of sp³-hybridized carbons (Fsp3) is 0.481. The third kappa shape index (κ3) is 6.17. The van der Waals surface area contributed by atoms with E-state index in [1.54, 1.807) is 36.6 Å². The molecule has 2 N–H and O–H groups in total. The Labute approximate surface area is 220 Å². The lowest BCUT2D eigenvalue weighted by atomic mass is 9.73. The highest BCUT2D eigenvalue weighted by Gasteiger charge is 2.41. The lowest BCUT2D eigenvalue weighted by Gasteiger charge is -2.40. The number of rotatable bonds is 11. The fourth-order valence-corrected chi connectivity index (χ4v) is 6.18. The summed E-state index contributed by atoms with van der Waals surface area (Å²) in [5.41, 5.74) is 2.04. The number of aromatic nitrogens is 1. The van der Waals surface area contributed by atoms with E-state index in [-0.39, 0.29) is 11.4 Å². The lowest BCUT2D eigenvalue weighted by molar-refractivity contribution is -0.143. The summed E-state index contributed by atoms with van der Waals surface area (Å²) in [5.74, 6) is 0.165. The highest BCUT2D eigenvalue weighted by molar-refractivity contribution is 7.09. The van der Waals surface area contributed by atoms with Crippen LogP contribution in [0, 0.1) is 5.41 Å². The zero-order chi connectivity index (χ0) is 25.5. The third-order valence-corrected chi connectivity index (χ3v) is 8.62. The van der Waals surface area contributed by atoms with E-state index in [0.717, 1.165) is 38.9 Å². The van der Waals surface area contributed by atoms with Gasteiger partial charge in [0.25, 0.3) is 0 Å². The maximum absolute atomic E-state index is 15.7.